The first-order valence-electron chi connectivity index (χ1n) is 5.20. The summed E-state index contributed by atoms with van der Waals surface area (Å²) in [6.07, 6.45) is -4.41. The Balaban J connectivity index is 3.24. The summed E-state index contributed by atoms with van der Waals surface area (Å²) in [5.41, 5.74) is -0.306. The van der Waals surface area contributed by atoms with E-state index in [9.17, 15) is 18.0 Å². The van der Waals surface area contributed by atoms with E-state index in [2.05, 4.69) is 5.32 Å². The molecular weight excluding hydrogens is 231 g/mol. The van der Waals surface area contributed by atoms with E-state index in [1.807, 2.05) is 0 Å². The number of rotatable bonds is 2. The second-order valence-electron chi connectivity index (χ2n) is 4.14. The zero-order chi connectivity index (χ0) is 13.2. The summed E-state index contributed by atoms with van der Waals surface area (Å²) in [5.74, 6) is -0.617. The molecule has 1 amide bonds. The van der Waals surface area contributed by atoms with Crippen molar-refractivity contribution in [3.05, 3.63) is 29.3 Å². The lowest BCUT2D eigenvalue weighted by Gasteiger charge is -2.17. The molecule has 94 valence electrons. The highest BCUT2D eigenvalue weighted by Crippen LogP contribution is 2.36. The number of carbonyl (C=O) groups is 1. The number of amides is 1. The van der Waals surface area contributed by atoms with Crippen LogP contribution >= 0.6 is 0 Å². The molecule has 17 heavy (non-hydrogen) atoms. The zero-order valence-corrected chi connectivity index (χ0v) is 9.85. The van der Waals surface area contributed by atoms with Crippen LogP contribution in [-0.4, -0.2) is 5.91 Å². The van der Waals surface area contributed by atoms with Crippen LogP contribution in [0, 0.1) is 0 Å². The van der Waals surface area contributed by atoms with Crippen LogP contribution in [0.4, 0.5) is 18.9 Å². The second-order valence-corrected chi connectivity index (χ2v) is 4.14. The SMILES string of the molecule is CC(=O)Nc1ccc(C(C)C)c(C(F)(F)F)c1. The van der Waals surface area contributed by atoms with Gasteiger partial charge in [-0.25, -0.2) is 0 Å². The third-order valence-corrected chi connectivity index (χ3v) is 2.30. The fourth-order valence-electron chi connectivity index (χ4n) is 1.59. The average molecular weight is 245 g/mol. The van der Waals surface area contributed by atoms with Gasteiger partial charge in [0.2, 0.25) is 5.91 Å². The fourth-order valence-corrected chi connectivity index (χ4v) is 1.59. The van der Waals surface area contributed by atoms with Crippen LogP contribution in [-0.2, 0) is 11.0 Å². The van der Waals surface area contributed by atoms with Crippen LogP contribution in [0.25, 0.3) is 0 Å². The first kappa shape index (κ1) is 13.5. The number of nitrogens with one attached hydrogen (secondary N) is 1. The van der Waals surface area contributed by atoms with Gasteiger partial charge in [-0.05, 0) is 23.6 Å². The van der Waals surface area contributed by atoms with E-state index in [1.165, 1.54) is 19.1 Å². The molecule has 0 aliphatic rings. The Kier molecular flexibility index (Phi) is 3.80. The van der Waals surface area contributed by atoms with Gasteiger partial charge in [-0.2, -0.15) is 13.2 Å². The lowest BCUT2D eigenvalue weighted by molar-refractivity contribution is -0.138. The Bertz CT molecular complexity index is 424. The number of halogens is 3. The maximum atomic E-state index is 12.8. The van der Waals surface area contributed by atoms with Gasteiger partial charge in [0.15, 0.2) is 0 Å². The summed E-state index contributed by atoms with van der Waals surface area (Å²) in [7, 11) is 0. The monoisotopic (exact) mass is 245 g/mol. The van der Waals surface area contributed by atoms with Gasteiger partial charge in [-0.15, -0.1) is 0 Å². The maximum Gasteiger partial charge on any atom is 0.416 e. The molecule has 0 aliphatic heterocycles. The molecule has 1 rings (SSSR count). The zero-order valence-electron chi connectivity index (χ0n) is 9.85. The van der Waals surface area contributed by atoms with Crippen LogP contribution < -0.4 is 5.32 Å². The van der Waals surface area contributed by atoms with Crippen molar-refractivity contribution >= 4 is 11.6 Å². The minimum atomic E-state index is -4.41. The highest BCUT2D eigenvalue weighted by Gasteiger charge is 2.34. The van der Waals surface area contributed by atoms with Gasteiger partial charge in [0.1, 0.15) is 0 Å². The summed E-state index contributed by atoms with van der Waals surface area (Å²) in [6, 6.07) is 3.85. The van der Waals surface area contributed by atoms with Crippen LogP contribution in [0.15, 0.2) is 18.2 Å². The Hall–Kier alpha value is -1.52. The summed E-state index contributed by atoms with van der Waals surface area (Å²) in [4.78, 5) is 10.8. The molecule has 0 heterocycles. The fraction of sp³-hybridized carbons (Fsp3) is 0.417. The maximum absolute atomic E-state index is 12.8. The number of hydrogen-bond acceptors (Lipinski definition) is 1. The third-order valence-electron chi connectivity index (χ3n) is 2.30. The molecule has 1 N–H and O–H groups in total. The predicted molar refractivity (Wildman–Crippen MR) is 59.8 cm³/mol. The molecule has 0 atom stereocenters. The number of anilines is 1. The first-order valence-corrected chi connectivity index (χ1v) is 5.20. The van der Waals surface area contributed by atoms with E-state index in [1.54, 1.807) is 13.8 Å². The van der Waals surface area contributed by atoms with Crippen molar-refractivity contribution in [3.8, 4) is 0 Å². The van der Waals surface area contributed by atoms with Crippen molar-refractivity contribution in [2.75, 3.05) is 5.32 Å². The highest BCUT2D eigenvalue weighted by molar-refractivity contribution is 5.88. The summed E-state index contributed by atoms with van der Waals surface area (Å²) >= 11 is 0. The highest BCUT2D eigenvalue weighted by atomic mass is 19.4. The van der Waals surface area contributed by atoms with E-state index in [-0.39, 0.29) is 17.2 Å². The van der Waals surface area contributed by atoms with E-state index in [0.717, 1.165) is 6.07 Å². The molecule has 0 spiro atoms. The van der Waals surface area contributed by atoms with Gasteiger partial charge < -0.3 is 5.32 Å². The van der Waals surface area contributed by atoms with E-state index in [0.29, 0.717) is 0 Å². The van der Waals surface area contributed by atoms with Gasteiger partial charge in [0, 0.05) is 12.6 Å². The Morgan fingerprint density at radius 3 is 2.29 bits per heavy atom. The standard InChI is InChI=1S/C12H14F3NO/c1-7(2)10-5-4-9(16-8(3)17)6-11(10)12(13,14)15/h4-7H,1-3H3,(H,16,17). The Morgan fingerprint density at radius 1 is 1.29 bits per heavy atom. The summed E-state index contributed by atoms with van der Waals surface area (Å²) < 4.78 is 38.4. The summed E-state index contributed by atoms with van der Waals surface area (Å²) in [6.45, 7) is 4.65. The van der Waals surface area contributed by atoms with Crippen LogP contribution in [0.1, 0.15) is 37.8 Å². The normalized spacial score (nSPS) is 11.7. The molecule has 2 nitrogen and oxygen atoms in total. The van der Waals surface area contributed by atoms with Crippen molar-refractivity contribution in [2.45, 2.75) is 32.9 Å². The number of benzene rings is 1. The molecule has 0 aromatic heterocycles. The molecule has 5 heteroatoms. The minimum Gasteiger partial charge on any atom is -0.326 e. The van der Waals surface area contributed by atoms with E-state index < -0.39 is 17.6 Å². The van der Waals surface area contributed by atoms with Crippen LogP contribution in [0.2, 0.25) is 0 Å². The van der Waals surface area contributed by atoms with Crippen LogP contribution in [0.5, 0.6) is 0 Å². The van der Waals surface area contributed by atoms with Crippen molar-refractivity contribution in [2.24, 2.45) is 0 Å². The Morgan fingerprint density at radius 2 is 1.88 bits per heavy atom. The smallest absolute Gasteiger partial charge is 0.326 e. The van der Waals surface area contributed by atoms with Crippen molar-refractivity contribution in [1.29, 1.82) is 0 Å². The van der Waals surface area contributed by atoms with Gasteiger partial charge in [-0.1, -0.05) is 19.9 Å². The molecule has 1 aromatic rings. The largest absolute Gasteiger partial charge is 0.416 e. The molecule has 0 fully saturated rings. The first-order chi connectivity index (χ1) is 7.71. The molecular formula is C12H14F3NO. The van der Waals surface area contributed by atoms with Gasteiger partial charge in [0.05, 0.1) is 5.56 Å². The van der Waals surface area contributed by atoms with Gasteiger partial charge in [-0.3, -0.25) is 4.79 Å². The Labute approximate surface area is 97.8 Å². The molecule has 0 aliphatic carbocycles. The van der Waals surface area contributed by atoms with Crippen molar-refractivity contribution < 1.29 is 18.0 Å². The molecule has 0 saturated carbocycles. The number of hydrogen-bond donors (Lipinski definition) is 1. The van der Waals surface area contributed by atoms with Crippen LogP contribution in [0.3, 0.4) is 0 Å². The predicted octanol–water partition coefficient (Wildman–Crippen LogP) is 3.79. The molecule has 0 saturated heterocycles. The van der Waals surface area contributed by atoms with Gasteiger partial charge >= 0.3 is 6.18 Å². The third kappa shape index (κ3) is 3.47. The quantitative estimate of drug-likeness (QED) is 0.843. The number of alkyl halides is 3. The molecule has 1 aromatic carbocycles. The minimum absolute atomic E-state index is 0.161. The lowest BCUT2D eigenvalue weighted by atomic mass is 9.96. The van der Waals surface area contributed by atoms with E-state index in [4.69, 9.17) is 0 Å². The molecule has 0 unspecified atom stereocenters. The van der Waals surface area contributed by atoms with E-state index >= 15 is 0 Å². The van der Waals surface area contributed by atoms with Crippen molar-refractivity contribution in [3.63, 3.8) is 0 Å². The molecule has 0 bridgehead atoms. The van der Waals surface area contributed by atoms with Crippen molar-refractivity contribution in [1.82, 2.24) is 0 Å². The molecule has 0 radical (unpaired) electrons. The topological polar surface area (TPSA) is 29.1 Å². The average Bonchev–Trinajstić information content (AvgIpc) is 2.14. The second kappa shape index (κ2) is 4.77. The lowest BCUT2D eigenvalue weighted by Crippen LogP contribution is -2.12. The summed E-state index contributed by atoms with van der Waals surface area (Å²) in [5, 5.41) is 2.34. The number of carbonyl (C=O) groups excluding carboxylic acids is 1. The van der Waals surface area contributed by atoms with Gasteiger partial charge in [0.25, 0.3) is 0 Å².